The standard InChI is InChI=1S/C16H28O3Si/c1-16(2,3)20(5,6)19-12-15(18-13-17-4)14-10-8-7-9-11-14/h7-11,15H,12-13H2,1-6H3/t15-/m1/s1. The molecule has 0 N–H and O–H groups in total. The van der Waals surface area contributed by atoms with E-state index in [1.165, 1.54) is 0 Å². The number of ether oxygens (including phenoxy) is 2. The number of hydrogen-bond donors (Lipinski definition) is 0. The van der Waals surface area contributed by atoms with E-state index < -0.39 is 8.32 Å². The van der Waals surface area contributed by atoms with Gasteiger partial charge in [0, 0.05) is 7.11 Å². The van der Waals surface area contributed by atoms with Crippen molar-refractivity contribution in [3.63, 3.8) is 0 Å². The fourth-order valence-electron chi connectivity index (χ4n) is 1.56. The molecule has 0 heterocycles. The molecule has 1 aromatic carbocycles. The molecule has 0 bridgehead atoms. The molecule has 0 radical (unpaired) electrons. The summed E-state index contributed by atoms with van der Waals surface area (Å²) >= 11 is 0. The fraction of sp³-hybridized carbons (Fsp3) is 0.625. The second-order valence-corrected chi connectivity index (χ2v) is 11.4. The van der Waals surface area contributed by atoms with E-state index in [1.807, 2.05) is 18.2 Å². The van der Waals surface area contributed by atoms with E-state index in [4.69, 9.17) is 13.9 Å². The highest BCUT2D eigenvalue weighted by molar-refractivity contribution is 6.74. The predicted octanol–water partition coefficient (Wildman–Crippen LogP) is 4.37. The number of hydrogen-bond acceptors (Lipinski definition) is 3. The van der Waals surface area contributed by atoms with Crippen LogP contribution in [0.5, 0.6) is 0 Å². The molecular weight excluding hydrogens is 268 g/mol. The summed E-state index contributed by atoms with van der Waals surface area (Å²) in [5.74, 6) is 0. The average molecular weight is 296 g/mol. The average Bonchev–Trinajstić information content (AvgIpc) is 2.38. The molecule has 0 spiro atoms. The SMILES string of the molecule is COCO[C@H](CO[Si](C)(C)C(C)(C)C)c1ccccc1. The third-order valence-corrected chi connectivity index (χ3v) is 8.46. The van der Waals surface area contributed by atoms with E-state index in [-0.39, 0.29) is 17.9 Å². The third-order valence-electron chi connectivity index (χ3n) is 3.96. The van der Waals surface area contributed by atoms with E-state index in [1.54, 1.807) is 7.11 Å². The van der Waals surface area contributed by atoms with E-state index >= 15 is 0 Å². The predicted molar refractivity (Wildman–Crippen MR) is 85.3 cm³/mol. The van der Waals surface area contributed by atoms with Crippen LogP contribution in [0.25, 0.3) is 0 Å². The van der Waals surface area contributed by atoms with Crippen molar-refractivity contribution in [2.75, 3.05) is 20.5 Å². The highest BCUT2D eigenvalue weighted by Gasteiger charge is 2.37. The molecule has 0 aliphatic heterocycles. The van der Waals surface area contributed by atoms with Gasteiger partial charge in [-0.15, -0.1) is 0 Å². The van der Waals surface area contributed by atoms with Gasteiger partial charge < -0.3 is 13.9 Å². The van der Waals surface area contributed by atoms with Crippen LogP contribution in [0.2, 0.25) is 18.1 Å². The van der Waals surface area contributed by atoms with E-state index in [0.29, 0.717) is 6.61 Å². The van der Waals surface area contributed by atoms with Crippen LogP contribution in [0.1, 0.15) is 32.4 Å². The number of benzene rings is 1. The maximum atomic E-state index is 6.27. The Morgan fingerprint density at radius 3 is 2.20 bits per heavy atom. The van der Waals surface area contributed by atoms with Crippen molar-refractivity contribution in [3.8, 4) is 0 Å². The van der Waals surface area contributed by atoms with Gasteiger partial charge in [-0.25, -0.2) is 0 Å². The summed E-state index contributed by atoms with van der Waals surface area (Å²) in [6.45, 7) is 12.1. The Kier molecular flexibility index (Phi) is 6.39. The van der Waals surface area contributed by atoms with Crippen LogP contribution >= 0.6 is 0 Å². The lowest BCUT2D eigenvalue weighted by molar-refractivity contribution is -0.0870. The second kappa shape index (κ2) is 7.36. The minimum atomic E-state index is -1.76. The number of rotatable bonds is 7. The Morgan fingerprint density at radius 2 is 1.70 bits per heavy atom. The first kappa shape index (κ1) is 17.4. The van der Waals surface area contributed by atoms with Gasteiger partial charge >= 0.3 is 0 Å². The Morgan fingerprint density at radius 1 is 1.10 bits per heavy atom. The molecule has 0 aliphatic rings. The fourth-order valence-corrected chi connectivity index (χ4v) is 2.56. The zero-order valence-corrected chi connectivity index (χ0v) is 14.6. The van der Waals surface area contributed by atoms with E-state index in [9.17, 15) is 0 Å². The molecule has 3 nitrogen and oxygen atoms in total. The van der Waals surface area contributed by atoms with Gasteiger partial charge in [-0.2, -0.15) is 0 Å². The van der Waals surface area contributed by atoms with Crippen molar-refractivity contribution in [1.82, 2.24) is 0 Å². The lowest BCUT2D eigenvalue weighted by Crippen LogP contribution is -2.42. The summed E-state index contributed by atoms with van der Waals surface area (Å²) in [7, 11) is -0.125. The van der Waals surface area contributed by atoms with Crippen LogP contribution in [-0.2, 0) is 13.9 Å². The van der Waals surface area contributed by atoms with Crippen LogP contribution in [0, 0.1) is 0 Å². The van der Waals surface area contributed by atoms with Gasteiger partial charge in [0.1, 0.15) is 12.9 Å². The Balaban J connectivity index is 2.72. The Hall–Kier alpha value is -0.683. The van der Waals surface area contributed by atoms with Gasteiger partial charge in [-0.1, -0.05) is 51.1 Å². The summed E-state index contributed by atoms with van der Waals surface area (Å²) in [5.41, 5.74) is 1.13. The molecule has 0 aliphatic carbocycles. The zero-order valence-electron chi connectivity index (χ0n) is 13.6. The maximum Gasteiger partial charge on any atom is 0.192 e. The molecule has 0 aromatic heterocycles. The highest BCUT2D eigenvalue weighted by atomic mass is 28.4. The van der Waals surface area contributed by atoms with Gasteiger partial charge in [0.15, 0.2) is 8.32 Å². The number of methoxy groups -OCH3 is 1. The van der Waals surface area contributed by atoms with Crippen molar-refractivity contribution in [3.05, 3.63) is 35.9 Å². The topological polar surface area (TPSA) is 27.7 Å². The monoisotopic (exact) mass is 296 g/mol. The molecule has 20 heavy (non-hydrogen) atoms. The normalized spacial score (nSPS) is 14.3. The maximum absolute atomic E-state index is 6.27. The van der Waals surface area contributed by atoms with Gasteiger partial charge in [-0.05, 0) is 23.7 Å². The molecule has 1 aromatic rings. The van der Waals surface area contributed by atoms with Gasteiger partial charge in [0.2, 0.25) is 0 Å². The summed E-state index contributed by atoms with van der Waals surface area (Å²) < 4.78 is 17.1. The van der Waals surface area contributed by atoms with E-state index in [2.05, 4.69) is 46.0 Å². The van der Waals surface area contributed by atoms with Crippen LogP contribution in [0.3, 0.4) is 0 Å². The molecule has 1 rings (SSSR count). The molecule has 0 unspecified atom stereocenters. The lowest BCUT2D eigenvalue weighted by atomic mass is 10.1. The zero-order chi connectivity index (χ0) is 15.2. The van der Waals surface area contributed by atoms with Crippen molar-refractivity contribution < 1.29 is 13.9 Å². The molecule has 4 heteroatoms. The highest BCUT2D eigenvalue weighted by Crippen LogP contribution is 2.37. The second-order valence-electron chi connectivity index (χ2n) is 6.54. The van der Waals surface area contributed by atoms with Gasteiger partial charge in [-0.3, -0.25) is 0 Å². The first-order valence-electron chi connectivity index (χ1n) is 7.07. The summed E-state index contributed by atoms with van der Waals surface area (Å²) in [5, 5.41) is 0.204. The van der Waals surface area contributed by atoms with Crippen molar-refractivity contribution in [1.29, 1.82) is 0 Å². The minimum absolute atomic E-state index is 0.0784. The van der Waals surface area contributed by atoms with Crippen LogP contribution < -0.4 is 0 Å². The lowest BCUT2D eigenvalue weighted by Gasteiger charge is -2.37. The van der Waals surface area contributed by atoms with Crippen molar-refractivity contribution in [2.45, 2.75) is 45.0 Å². The molecule has 0 amide bonds. The van der Waals surface area contributed by atoms with Crippen molar-refractivity contribution in [2.24, 2.45) is 0 Å². The Labute approximate surface area is 124 Å². The van der Waals surface area contributed by atoms with Crippen LogP contribution in [0.4, 0.5) is 0 Å². The van der Waals surface area contributed by atoms with Crippen LogP contribution in [0.15, 0.2) is 30.3 Å². The molecule has 114 valence electrons. The van der Waals surface area contributed by atoms with Gasteiger partial charge in [0.25, 0.3) is 0 Å². The summed E-state index contributed by atoms with van der Waals surface area (Å²) in [6.07, 6.45) is -0.0784. The molecule has 0 saturated heterocycles. The van der Waals surface area contributed by atoms with Crippen LogP contribution in [-0.4, -0.2) is 28.8 Å². The molecular formula is C16H28O3Si. The molecule has 0 fully saturated rings. The Bertz CT molecular complexity index is 384. The van der Waals surface area contributed by atoms with E-state index in [0.717, 1.165) is 5.56 Å². The summed E-state index contributed by atoms with van der Waals surface area (Å²) in [6, 6.07) is 10.2. The summed E-state index contributed by atoms with van der Waals surface area (Å²) in [4.78, 5) is 0. The van der Waals surface area contributed by atoms with Gasteiger partial charge in [0.05, 0.1) is 6.61 Å². The van der Waals surface area contributed by atoms with Crippen molar-refractivity contribution >= 4 is 8.32 Å². The molecule has 1 atom stereocenters. The largest absolute Gasteiger partial charge is 0.414 e. The first-order valence-corrected chi connectivity index (χ1v) is 9.98. The quantitative estimate of drug-likeness (QED) is 0.552. The third kappa shape index (κ3) is 5.02. The first-order chi connectivity index (χ1) is 9.28. The smallest absolute Gasteiger partial charge is 0.192 e. The molecule has 0 saturated carbocycles. The minimum Gasteiger partial charge on any atom is -0.414 e.